The molecule has 4 rings (SSSR count). The van der Waals surface area contributed by atoms with Crippen LogP contribution in [0.3, 0.4) is 0 Å². The van der Waals surface area contributed by atoms with Crippen LogP contribution in [0.4, 0.5) is 0 Å². The van der Waals surface area contributed by atoms with Crippen LogP contribution in [0.5, 0.6) is 0 Å². The van der Waals surface area contributed by atoms with Crippen LogP contribution in [0.1, 0.15) is 49.7 Å². The van der Waals surface area contributed by atoms with Gasteiger partial charge < -0.3 is 5.32 Å². The van der Waals surface area contributed by atoms with E-state index in [0.717, 1.165) is 36.3 Å². The van der Waals surface area contributed by atoms with Crippen molar-refractivity contribution in [2.45, 2.75) is 51.0 Å². The van der Waals surface area contributed by atoms with E-state index >= 15 is 0 Å². The van der Waals surface area contributed by atoms with Gasteiger partial charge in [0.2, 0.25) is 0 Å². The Balaban J connectivity index is 1.54. The fourth-order valence-corrected chi connectivity index (χ4v) is 4.52. The Bertz CT molecular complexity index is 463. The lowest BCUT2D eigenvalue weighted by molar-refractivity contribution is 0.401. The maximum Gasteiger partial charge on any atom is 0.0107 e. The molecule has 1 aromatic rings. The molecule has 2 fully saturated rings. The van der Waals surface area contributed by atoms with Gasteiger partial charge in [-0.1, -0.05) is 44.0 Å². The van der Waals surface area contributed by atoms with Crippen LogP contribution in [-0.4, -0.2) is 12.6 Å². The van der Waals surface area contributed by atoms with Gasteiger partial charge in [-0.25, -0.2) is 0 Å². The predicted molar refractivity (Wildman–Crippen MR) is 79.3 cm³/mol. The van der Waals surface area contributed by atoms with E-state index in [1.54, 1.807) is 11.1 Å². The van der Waals surface area contributed by atoms with Crippen molar-refractivity contribution in [3.8, 4) is 0 Å². The highest BCUT2D eigenvalue weighted by Crippen LogP contribution is 2.62. The minimum absolute atomic E-state index is 0.790. The highest BCUT2D eigenvalue weighted by atomic mass is 14.9. The Morgan fingerprint density at radius 3 is 2.84 bits per heavy atom. The normalized spacial score (nSPS) is 33.4. The molecule has 0 heterocycles. The van der Waals surface area contributed by atoms with Gasteiger partial charge in [0.1, 0.15) is 0 Å². The molecular formula is C18H25N. The maximum atomic E-state index is 3.80. The summed E-state index contributed by atoms with van der Waals surface area (Å²) in [7, 11) is 0. The van der Waals surface area contributed by atoms with E-state index in [9.17, 15) is 0 Å². The van der Waals surface area contributed by atoms with Gasteiger partial charge >= 0.3 is 0 Å². The van der Waals surface area contributed by atoms with Crippen molar-refractivity contribution < 1.29 is 0 Å². The fourth-order valence-electron chi connectivity index (χ4n) is 4.52. The van der Waals surface area contributed by atoms with Crippen LogP contribution in [0.2, 0.25) is 0 Å². The van der Waals surface area contributed by atoms with Gasteiger partial charge in [0.05, 0.1) is 0 Å². The van der Waals surface area contributed by atoms with Gasteiger partial charge in [-0.05, 0) is 60.6 Å². The zero-order chi connectivity index (χ0) is 12.8. The molecule has 2 saturated carbocycles. The number of nitrogens with one attached hydrogen (secondary N) is 1. The van der Waals surface area contributed by atoms with Crippen molar-refractivity contribution in [2.24, 2.45) is 17.8 Å². The monoisotopic (exact) mass is 255 g/mol. The quantitative estimate of drug-likeness (QED) is 0.845. The Hall–Kier alpha value is -0.820. The lowest BCUT2D eigenvalue weighted by Gasteiger charge is -2.18. The first-order valence-corrected chi connectivity index (χ1v) is 8.19. The smallest absolute Gasteiger partial charge is 0.0107 e. The Kier molecular flexibility index (Phi) is 2.91. The molecule has 1 heteroatoms. The number of hydrogen-bond acceptors (Lipinski definition) is 1. The summed E-state index contributed by atoms with van der Waals surface area (Å²) in [5.74, 6) is 3.84. The molecule has 4 atom stereocenters. The third-order valence-electron chi connectivity index (χ3n) is 5.61. The predicted octanol–water partition coefficient (Wildman–Crippen LogP) is 3.74. The Morgan fingerprint density at radius 1 is 1.21 bits per heavy atom. The standard InChI is InChI=1S/C18H25N/c1-2-19-16(11-12-7-8-12)18-15-10-9-13-5-3-4-6-14(13)17(15)18/h3-6,12,15-19H,2,7-11H2,1H3. The number of aryl methyl sites for hydroxylation is 1. The molecule has 0 aliphatic heterocycles. The molecule has 102 valence electrons. The second-order valence-corrected chi connectivity index (χ2v) is 6.85. The molecule has 1 aromatic carbocycles. The lowest BCUT2D eigenvalue weighted by Crippen LogP contribution is -2.32. The number of hydrogen-bond donors (Lipinski definition) is 1. The lowest BCUT2D eigenvalue weighted by atomic mass is 9.92. The Morgan fingerprint density at radius 2 is 2.05 bits per heavy atom. The average Bonchev–Trinajstić information content (AvgIpc) is 3.32. The molecule has 0 spiro atoms. The minimum Gasteiger partial charge on any atom is -0.314 e. The van der Waals surface area contributed by atoms with Gasteiger partial charge in [-0.15, -0.1) is 0 Å². The topological polar surface area (TPSA) is 12.0 Å². The number of rotatable bonds is 5. The molecule has 1 nitrogen and oxygen atoms in total. The summed E-state index contributed by atoms with van der Waals surface area (Å²) in [6.07, 6.45) is 7.16. The maximum absolute atomic E-state index is 3.80. The summed E-state index contributed by atoms with van der Waals surface area (Å²) in [6, 6.07) is 9.98. The first-order chi connectivity index (χ1) is 9.38. The second kappa shape index (κ2) is 4.63. The van der Waals surface area contributed by atoms with Crippen molar-refractivity contribution in [2.75, 3.05) is 6.54 Å². The van der Waals surface area contributed by atoms with Gasteiger partial charge in [-0.3, -0.25) is 0 Å². The zero-order valence-corrected chi connectivity index (χ0v) is 11.9. The summed E-state index contributed by atoms with van der Waals surface area (Å²) >= 11 is 0. The van der Waals surface area contributed by atoms with E-state index in [0.29, 0.717) is 0 Å². The number of benzene rings is 1. The summed E-state index contributed by atoms with van der Waals surface area (Å²) in [5.41, 5.74) is 3.32. The van der Waals surface area contributed by atoms with Crippen molar-refractivity contribution in [3.63, 3.8) is 0 Å². The molecule has 0 amide bonds. The third-order valence-corrected chi connectivity index (χ3v) is 5.61. The van der Waals surface area contributed by atoms with Crippen LogP contribution in [0.15, 0.2) is 24.3 Å². The molecular weight excluding hydrogens is 230 g/mol. The van der Waals surface area contributed by atoms with Gasteiger partial charge in [-0.2, -0.15) is 0 Å². The molecule has 0 saturated heterocycles. The fraction of sp³-hybridized carbons (Fsp3) is 0.667. The van der Waals surface area contributed by atoms with Crippen LogP contribution in [-0.2, 0) is 6.42 Å². The van der Waals surface area contributed by atoms with Gasteiger partial charge in [0.15, 0.2) is 0 Å². The van der Waals surface area contributed by atoms with Crippen molar-refractivity contribution in [1.82, 2.24) is 5.32 Å². The first kappa shape index (κ1) is 12.0. The number of fused-ring (bicyclic) bond motifs is 3. The molecule has 0 bridgehead atoms. The van der Waals surface area contributed by atoms with Crippen molar-refractivity contribution in [3.05, 3.63) is 35.4 Å². The molecule has 1 N–H and O–H groups in total. The first-order valence-electron chi connectivity index (χ1n) is 8.19. The third kappa shape index (κ3) is 2.12. The van der Waals surface area contributed by atoms with E-state index in [1.165, 1.54) is 32.1 Å². The molecule has 19 heavy (non-hydrogen) atoms. The molecule has 0 aromatic heterocycles. The van der Waals surface area contributed by atoms with Crippen molar-refractivity contribution >= 4 is 0 Å². The van der Waals surface area contributed by atoms with Gasteiger partial charge in [0.25, 0.3) is 0 Å². The largest absolute Gasteiger partial charge is 0.314 e. The zero-order valence-electron chi connectivity index (χ0n) is 11.9. The molecule has 0 radical (unpaired) electrons. The van der Waals surface area contributed by atoms with E-state index in [1.807, 2.05) is 0 Å². The SMILES string of the molecule is CCNC(CC1CC1)C1C2CCc3ccccc3C21. The Labute approximate surface area is 116 Å². The van der Waals surface area contributed by atoms with E-state index in [4.69, 9.17) is 0 Å². The second-order valence-electron chi connectivity index (χ2n) is 6.85. The summed E-state index contributed by atoms with van der Waals surface area (Å²) in [5, 5.41) is 3.80. The highest BCUT2D eigenvalue weighted by Gasteiger charge is 2.56. The molecule has 3 aliphatic rings. The summed E-state index contributed by atoms with van der Waals surface area (Å²) < 4.78 is 0. The van der Waals surface area contributed by atoms with E-state index < -0.39 is 0 Å². The summed E-state index contributed by atoms with van der Waals surface area (Å²) in [4.78, 5) is 0. The van der Waals surface area contributed by atoms with Crippen LogP contribution in [0, 0.1) is 17.8 Å². The summed E-state index contributed by atoms with van der Waals surface area (Å²) in [6.45, 7) is 3.40. The molecule has 4 unspecified atom stereocenters. The van der Waals surface area contributed by atoms with Crippen LogP contribution >= 0.6 is 0 Å². The van der Waals surface area contributed by atoms with Crippen LogP contribution in [0.25, 0.3) is 0 Å². The highest BCUT2D eigenvalue weighted by molar-refractivity contribution is 5.40. The van der Waals surface area contributed by atoms with E-state index in [-0.39, 0.29) is 0 Å². The van der Waals surface area contributed by atoms with Gasteiger partial charge in [0, 0.05) is 6.04 Å². The minimum atomic E-state index is 0.790. The van der Waals surface area contributed by atoms with E-state index in [2.05, 4.69) is 36.5 Å². The van der Waals surface area contributed by atoms with Crippen molar-refractivity contribution in [1.29, 1.82) is 0 Å². The van der Waals surface area contributed by atoms with Crippen LogP contribution < -0.4 is 5.32 Å². The molecule has 3 aliphatic carbocycles. The average molecular weight is 255 g/mol.